The molecule has 0 aliphatic heterocycles. The van der Waals surface area contributed by atoms with Crippen LogP contribution in [0.3, 0.4) is 0 Å². The van der Waals surface area contributed by atoms with Gasteiger partial charge in [0.2, 0.25) is 0 Å². The second-order valence-electron chi connectivity index (χ2n) is 6.82. The smallest absolute Gasteiger partial charge is 0.253 e. The Morgan fingerprint density at radius 1 is 1.07 bits per heavy atom. The molecule has 0 fully saturated rings. The van der Waals surface area contributed by atoms with Gasteiger partial charge in [0.1, 0.15) is 0 Å². The number of pyridine rings is 1. The summed E-state index contributed by atoms with van der Waals surface area (Å²) in [6, 6.07) is 16.3. The van der Waals surface area contributed by atoms with Crippen LogP contribution >= 0.6 is 12.2 Å². The molecule has 0 spiro atoms. The fraction of sp³-hybridized carbons (Fsp3) is 0.273. The molecule has 140 valence electrons. The van der Waals surface area contributed by atoms with Crippen molar-refractivity contribution >= 4 is 28.2 Å². The summed E-state index contributed by atoms with van der Waals surface area (Å²) in [5.41, 5.74) is 5.05. The van der Waals surface area contributed by atoms with Crippen LogP contribution in [0.4, 0.5) is 0 Å². The van der Waals surface area contributed by atoms with Crippen LogP contribution in [0, 0.1) is 13.8 Å². The number of hydrogen-bond acceptors (Lipinski definition) is 2. The lowest BCUT2D eigenvalue weighted by atomic mass is 10.0. The molecule has 0 saturated heterocycles. The van der Waals surface area contributed by atoms with Crippen molar-refractivity contribution < 1.29 is 0 Å². The Morgan fingerprint density at radius 3 is 2.48 bits per heavy atom. The van der Waals surface area contributed by atoms with Crippen LogP contribution in [0.5, 0.6) is 0 Å². The average Bonchev–Trinajstić information content (AvgIpc) is 2.64. The molecule has 3 aromatic rings. The zero-order chi connectivity index (χ0) is 19.4. The number of rotatable bonds is 5. The van der Waals surface area contributed by atoms with Gasteiger partial charge in [0.05, 0.1) is 6.54 Å². The summed E-state index contributed by atoms with van der Waals surface area (Å²) in [6.07, 6.45) is 0. The summed E-state index contributed by atoms with van der Waals surface area (Å²) in [5, 5.41) is 4.90. The van der Waals surface area contributed by atoms with E-state index in [9.17, 15) is 4.79 Å². The quantitative estimate of drug-likeness (QED) is 0.657. The Hall–Kier alpha value is -2.66. The highest BCUT2D eigenvalue weighted by atomic mass is 32.1. The van der Waals surface area contributed by atoms with Crippen molar-refractivity contribution in [1.29, 1.82) is 0 Å². The van der Waals surface area contributed by atoms with Gasteiger partial charge in [-0.1, -0.05) is 30.3 Å². The second-order valence-corrected chi connectivity index (χ2v) is 7.21. The molecule has 0 amide bonds. The molecular weight excluding hydrogens is 354 g/mol. The molecule has 0 bridgehead atoms. The molecule has 3 rings (SSSR count). The van der Waals surface area contributed by atoms with E-state index in [0.717, 1.165) is 23.0 Å². The maximum Gasteiger partial charge on any atom is 0.253 e. The van der Waals surface area contributed by atoms with E-state index < -0.39 is 0 Å². The molecule has 2 aromatic carbocycles. The first kappa shape index (κ1) is 19.1. The SMILES string of the molecule is CCNC(=S)N(Cc1ccccc1)Cc1cc2cc(C)c(C)cc2[nH]c1=O. The number of nitrogens with zero attached hydrogens (tertiary/aromatic N) is 1. The van der Waals surface area contributed by atoms with Crippen molar-refractivity contribution in [2.45, 2.75) is 33.9 Å². The van der Waals surface area contributed by atoms with Gasteiger partial charge in [0.25, 0.3) is 5.56 Å². The number of aromatic nitrogens is 1. The van der Waals surface area contributed by atoms with Crippen molar-refractivity contribution in [1.82, 2.24) is 15.2 Å². The average molecular weight is 380 g/mol. The molecule has 0 unspecified atom stereocenters. The van der Waals surface area contributed by atoms with E-state index in [0.29, 0.717) is 23.8 Å². The molecule has 0 radical (unpaired) electrons. The van der Waals surface area contributed by atoms with Gasteiger partial charge < -0.3 is 15.2 Å². The number of aryl methyl sites for hydroxylation is 2. The predicted molar refractivity (Wildman–Crippen MR) is 116 cm³/mol. The minimum atomic E-state index is -0.0666. The van der Waals surface area contributed by atoms with Gasteiger partial charge in [-0.3, -0.25) is 4.79 Å². The zero-order valence-electron chi connectivity index (χ0n) is 16.0. The first-order chi connectivity index (χ1) is 13.0. The monoisotopic (exact) mass is 379 g/mol. The summed E-state index contributed by atoms with van der Waals surface area (Å²) in [6.45, 7) is 8.01. The fourth-order valence-corrected chi connectivity index (χ4v) is 3.38. The normalized spacial score (nSPS) is 10.8. The number of benzene rings is 2. The minimum absolute atomic E-state index is 0.0666. The molecule has 1 heterocycles. The molecule has 0 saturated carbocycles. The van der Waals surface area contributed by atoms with Crippen LogP contribution in [0.2, 0.25) is 0 Å². The van der Waals surface area contributed by atoms with Crippen LogP contribution in [0.25, 0.3) is 10.9 Å². The maximum atomic E-state index is 12.7. The molecule has 27 heavy (non-hydrogen) atoms. The summed E-state index contributed by atoms with van der Waals surface area (Å²) in [7, 11) is 0. The van der Waals surface area contributed by atoms with Crippen LogP contribution in [0.1, 0.15) is 29.2 Å². The van der Waals surface area contributed by atoms with Gasteiger partial charge in [-0.15, -0.1) is 0 Å². The molecule has 0 aliphatic rings. The third kappa shape index (κ3) is 4.55. The van der Waals surface area contributed by atoms with Crippen LogP contribution in [-0.4, -0.2) is 21.5 Å². The van der Waals surface area contributed by atoms with E-state index in [1.165, 1.54) is 11.1 Å². The predicted octanol–water partition coefficient (Wildman–Crippen LogP) is 4.04. The van der Waals surface area contributed by atoms with E-state index >= 15 is 0 Å². The number of aromatic amines is 1. The Morgan fingerprint density at radius 2 is 1.78 bits per heavy atom. The van der Waals surface area contributed by atoms with Crippen LogP contribution < -0.4 is 10.9 Å². The molecule has 2 N–H and O–H groups in total. The van der Waals surface area contributed by atoms with Crippen molar-refractivity contribution in [2.75, 3.05) is 6.54 Å². The number of H-pyrrole nitrogens is 1. The van der Waals surface area contributed by atoms with Crippen molar-refractivity contribution in [3.05, 3.63) is 81.1 Å². The maximum absolute atomic E-state index is 12.7. The second kappa shape index (κ2) is 8.35. The van der Waals surface area contributed by atoms with Crippen molar-refractivity contribution in [2.24, 2.45) is 0 Å². The molecule has 1 aromatic heterocycles. The van der Waals surface area contributed by atoms with Gasteiger partial charge in [0.15, 0.2) is 5.11 Å². The summed E-state index contributed by atoms with van der Waals surface area (Å²) in [5.74, 6) is 0. The van der Waals surface area contributed by atoms with Gasteiger partial charge in [0, 0.05) is 24.2 Å². The van der Waals surface area contributed by atoms with Crippen LogP contribution in [-0.2, 0) is 13.1 Å². The Labute approximate surface area is 165 Å². The van der Waals surface area contributed by atoms with Crippen LogP contribution in [0.15, 0.2) is 53.3 Å². The third-order valence-corrected chi connectivity index (χ3v) is 5.13. The first-order valence-electron chi connectivity index (χ1n) is 9.17. The minimum Gasteiger partial charge on any atom is -0.363 e. The van der Waals surface area contributed by atoms with Gasteiger partial charge in [-0.25, -0.2) is 0 Å². The molecule has 5 heteroatoms. The van der Waals surface area contributed by atoms with Gasteiger partial charge in [-0.2, -0.15) is 0 Å². The number of hydrogen-bond donors (Lipinski definition) is 2. The lowest BCUT2D eigenvalue weighted by Gasteiger charge is -2.25. The Kier molecular flexibility index (Phi) is 5.91. The number of thiocarbonyl (C=S) groups is 1. The number of nitrogens with one attached hydrogen (secondary N) is 2. The highest BCUT2D eigenvalue weighted by Gasteiger charge is 2.14. The topological polar surface area (TPSA) is 48.1 Å². The third-order valence-electron chi connectivity index (χ3n) is 4.73. The van der Waals surface area contributed by atoms with E-state index in [1.54, 1.807) is 0 Å². The molecule has 4 nitrogen and oxygen atoms in total. The first-order valence-corrected chi connectivity index (χ1v) is 9.58. The molecule has 0 atom stereocenters. The Bertz CT molecular complexity index is 1010. The van der Waals surface area contributed by atoms with Crippen molar-refractivity contribution in [3.63, 3.8) is 0 Å². The van der Waals surface area contributed by atoms with Gasteiger partial charge in [-0.05, 0) is 73.3 Å². The van der Waals surface area contributed by atoms with E-state index in [2.05, 4.69) is 42.3 Å². The summed E-state index contributed by atoms with van der Waals surface area (Å²) in [4.78, 5) is 17.7. The van der Waals surface area contributed by atoms with E-state index in [4.69, 9.17) is 12.2 Å². The molecule has 0 aliphatic carbocycles. The lowest BCUT2D eigenvalue weighted by molar-refractivity contribution is 0.398. The molecular formula is C22H25N3OS. The van der Waals surface area contributed by atoms with E-state index in [-0.39, 0.29) is 5.56 Å². The highest BCUT2D eigenvalue weighted by molar-refractivity contribution is 7.80. The standard InChI is InChI=1S/C22H25N3OS/c1-4-23-22(27)25(13-17-8-6-5-7-9-17)14-19-12-18-10-15(2)16(3)11-20(18)24-21(19)26/h5-12H,4,13-14H2,1-3H3,(H,23,27)(H,24,26). The van der Waals surface area contributed by atoms with Gasteiger partial charge >= 0.3 is 0 Å². The van der Waals surface area contributed by atoms with E-state index in [1.807, 2.05) is 42.2 Å². The number of fused-ring (bicyclic) bond motifs is 1. The zero-order valence-corrected chi connectivity index (χ0v) is 16.8. The Balaban J connectivity index is 1.94. The fourth-order valence-electron chi connectivity index (χ4n) is 3.11. The van der Waals surface area contributed by atoms with Crippen molar-refractivity contribution in [3.8, 4) is 0 Å². The lowest BCUT2D eigenvalue weighted by Crippen LogP contribution is -2.39. The largest absolute Gasteiger partial charge is 0.363 e. The highest BCUT2D eigenvalue weighted by Crippen LogP contribution is 2.18. The summed E-state index contributed by atoms with van der Waals surface area (Å²) >= 11 is 5.55. The summed E-state index contributed by atoms with van der Waals surface area (Å²) < 4.78 is 0.